The molecule has 0 spiro atoms. The lowest BCUT2D eigenvalue weighted by molar-refractivity contribution is -0.143. The minimum Gasteiger partial charge on any atom is -0.493 e. The Morgan fingerprint density at radius 1 is 1.40 bits per heavy atom. The van der Waals surface area contributed by atoms with Crippen molar-refractivity contribution in [2.24, 2.45) is 5.92 Å². The average molecular weight is 280 g/mol. The number of carboxylic acid groups (broad SMARTS) is 1. The zero-order valence-electron chi connectivity index (χ0n) is 11.8. The molecule has 1 saturated heterocycles. The lowest BCUT2D eigenvalue weighted by atomic mass is 9.97. The molecular weight excluding hydrogens is 260 g/mol. The summed E-state index contributed by atoms with van der Waals surface area (Å²) >= 11 is 0. The van der Waals surface area contributed by atoms with E-state index in [-0.39, 0.29) is 5.92 Å². The molecule has 0 aromatic carbocycles. The summed E-state index contributed by atoms with van der Waals surface area (Å²) in [7, 11) is 3.19. The molecule has 20 heavy (non-hydrogen) atoms. The van der Waals surface area contributed by atoms with Gasteiger partial charge < -0.3 is 14.6 Å². The van der Waals surface area contributed by atoms with Crippen molar-refractivity contribution >= 4 is 5.97 Å². The Balaban J connectivity index is 2.03. The first-order valence-electron chi connectivity index (χ1n) is 6.66. The zero-order chi connectivity index (χ0) is 14.5. The fourth-order valence-corrected chi connectivity index (χ4v) is 2.51. The lowest BCUT2D eigenvalue weighted by Crippen LogP contribution is -2.36. The monoisotopic (exact) mass is 280 g/mol. The number of aliphatic carboxylic acids is 1. The normalized spacial score (nSPS) is 16.9. The number of hydrogen-bond donors (Lipinski definition) is 1. The van der Waals surface area contributed by atoms with Gasteiger partial charge in [-0.3, -0.25) is 14.7 Å². The molecule has 0 bridgehead atoms. The second kappa shape index (κ2) is 6.56. The van der Waals surface area contributed by atoms with Crippen molar-refractivity contribution in [3.63, 3.8) is 0 Å². The largest absolute Gasteiger partial charge is 0.493 e. The van der Waals surface area contributed by atoms with Gasteiger partial charge in [-0.2, -0.15) is 0 Å². The van der Waals surface area contributed by atoms with Crippen molar-refractivity contribution in [3.8, 4) is 11.5 Å². The third kappa shape index (κ3) is 3.19. The fraction of sp³-hybridized carbons (Fsp3) is 0.571. The van der Waals surface area contributed by atoms with Crippen LogP contribution in [0.25, 0.3) is 0 Å². The van der Waals surface area contributed by atoms with E-state index in [0.717, 1.165) is 18.8 Å². The molecule has 0 radical (unpaired) electrons. The smallest absolute Gasteiger partial charge is 0.306 e. The molecule has 1 aromatic heterocycles. The van der Waals surface area contributed by atoms with E-state index in [4.69, 9.17) is 14.6 Å². The summed E-state index contributed by atoms with van der Waals surface area (Å²) in [6, 6.07) is 1.76. The molecule has 1 N–H and O–H groups in total. The molecule has 2 heterocycles. The van der Waals surface area contributed by atoms with Crippen LogP contribution < -0.4 is 9.47 Å². The third-order valence-corrected chi connectivity index (χ3v) is 3.68. The van der Waals surface area contributed by atoms with Gasteiger partial charge in [-0.15, -0.1) is 0 Å². The van der Waals surface area contributed by atoms with E-state index in [9.17, 15) is 4.79 Å². The van der Waals surface area contributed by atoms with Gasteiger partial charge in [0, 0.05) is 18.8 Å². The summed E-state index contributed by atoms with van der Waals surface area (Å²) < 4.78 is 10.6. The number of likely N-dealkylation sites (tertiary alicyclic amines) is 1. The Morgan fingerprint density at radius 3 is 2.65 bits per heavy atom. The van der Waals surface area contributed by atoms with Crippen molar-refractivity contribution in [1.29, 1.82) is 0 Å². The molecule has 2 rings (SSSR count). The second-order valence-electron chi connectivity index (χ2n) is 4.88. The number of methoxy groups -OCH3 is 2. The van der Waals surface area contributed by atoms with Gasteiger partial charge in [0.25, 0.3) is 0 Å². The van der Waals surface area contributed by atoms with Crippen LogP contribution in [0.3, 0.4) is 0 Å². The van der Waals surface area contributed by atoms with Gasteiger partial charge >= 0.3 is 5.97 Å². The van der Waals surface area contributed by atoms with E-state index in [2.05, 4.69) is 9.88 Å². The van der Waals surface area contributed by atoms with Crippen LogP contribution >= 0.6 is 0 Å². The van der Waals surface area contributed by atoms with E-state index >= 15 is 0 Å². The highest BCUT2D eigenvalue weighted by atomic mass is 16.5. The van der Waals surface area contributed by atoms with Gasteiger partial charge in [0.2, 0.25) is 0 Å². The number of aromatic nitrogens is 1. The van der Waals surface area contributed by atoms with Gasteiger partial charge in [-0.25, -0.2) is 0 Å². The number of carboxylic acids is 1. The number of nitrogens with zero attached hydrogens (tertiary/aromatic N) is 2. The Morgan fingerprint density at radius 2 is 2.10 bits per heavy atom. The summed E-state index contributed by atoms with van der Waals surface area (Å²) in [5.41, 5.74) is 0.820. The van der Waals surface area contributed by atoms with Gasteiger partial charge in [0.05, 0.1) is 20.1 Å². The minimum absolute atomic E-state index is 0.216. The molecule has 0 aliphatic carbocycles. The maximum atomic E-state index is 10.9. The Labute approximate surface area is 118 Å². The van der Waals surface area contributed by atoms with Crippen LogP contribution in [0.15, 0.2) is 12.3 Å². The SMILES string of the molecule is COc1ccnc(CN2CCC(C(=O)O)CC2)c1OC. The van der Waals surface area contributed by atoms with Crippen LogP contribution in [0.4, 0.5) is 0 Å². The second-order valence-corrected chi connectivity index (χ2v) is 4.88. The maximum Gasteiger partial charge on any atom is 0.306 e. The molecule has 1 aliphatic heterocycles. The Bertz CT molecular complexity index is 470. The number of hydrogen-bond acceptors (Lipinski definition) is 5. The Kier molecular flexibility index (Phi) is 4.79. The van der Waals surface area contributed by atoms with Crippen molar-refractivity contribution < 1.29 is 19.4 Å². The van der Waals surface area contributed by atoms with Crippen molar-refractivity contribution in [2.45, 2.75) is 19.4 Å². The molecule has 1 aliphatic rings. The van der Waals surface area contributed by atoms with Crippen LogP contribution in [0, 0.1) is 5.92 Å². The van der Waals surface area contributed by atoms with Gasteiger partial charge in [0.15, 0.2) is 11.5 Å². The lowest BCUT2D eigenvalue weighted by Gasteiger charge is -2.30. The third-order valence-electron chi connectivity index (χ3n) is 3.68. The van der Waals surface area contributed by atoms with Crippen LogP contribution in [0.5, 0.6) is 11.5 Å². The molecule has 0 atom stereocenters. The van der Waals surface area contributed by atoms with Crippen LogP contribution in [-0.4, -0.2) is 48.3 Å². The van der Waals surface area contributed by atoms with E-state index in [1.165, 1.54) is 0 Å². The number of piperidine rings is 1. The topological polar surface area (TPSA) is 71.9 Å². The molecule has 1 aromatic rings. The van der Waals surface area contributed by atoms with Crippen molar-refractivity contribution in [2.75, 3.05) is 27.3 Å². The number of pyridine rings is 1. The minimum atomic E-state index is -0.693. The molecular formula is C14H20N2O4. The van der Waals surface area contributed by atoms with Crippen LogP contribution in [0.1, 0.15) is 18.5 Å². The average Bonchev–Trinajstić information content (AvgIpc) is 2.47. The number of carbonyl (C=O) groups is 1. The summed E-state index contributed by atoms with van der Waals surface area (Å²) in [6.45, 7) is 2.17. The highest BCUT2D eigenvalue weighted by Crippen LogP contribution is 2.30. The van der Waals surface area contributed by atoms with Crippen LogP contribution in [-0.2, 0) is 11.3 Å². The first-order valence-corrected chi connectivity index (χ1v) is 6.66. The summed E-state index contributed by atoms with van der Waals surface area (Å²) in [6.07, 6.45) is 3.06. The standard InChI is InChI=1S/C14H20N2O4/c1-19-12-3-6-15-11(13(12)20-2)9-16-7-4-10(5-8-16)14(17)18/h3,6,10H,4-5,7-9H2,1-2H3,(H,17,18). The summed E-state index contributed by atoms with van der Waals surface area (Å²) in [5.74, 6) is 0.404. The summed E-state index contributed by atoms with van der Waals surface area (Å²) in [5, 5.41) is 9.00. The molecule has 110 valence electrons. The highest BCUT2D eigenvalue weighted by Gasteiger charge is 2.25. The van der Waals surface area contributed by atoms with Crippen molar-refractivity contribution in [1.82, 2.24) is 9.88 Å². The van der Waals surface area contributed by atoms with Gasteiger partial charge in [0.1, 0.15) is 5.69 Å². The molecule has 6 heteroatoms. The maximum absolute atomic E-state index is 10.9. The Hall–Kier alpha value is -1.82. The van der Waals surface area contributed by atoms with E-state index in [0.29, 0.717) is 30.9 Å². The molecule has 0 saturated carbocycles. The fourth-order valence-electron chi connectivity index (χ4n) is 2.51. The predicted molar refractivity (Wildman–Crippen MR) is 73.0 cm³/mol. The summed E-state index contributed by atoms with van der Waals surface area (Å²) in [4.78, 5) is 17.5. The molecule has 0 amide bonds. The van der Waals surface area contributed by atoms with E-state index in [1.54, 1.807) is 26.5 Å². The van der Waals surface area contributed by atoms with Gasteiger partial charge in [-0.05, 0) is 25.9 Å². The van der Waals surface area contributed by atoms with E-state index in [1.807, 2.05) is 0 Å². The highest BCUT2D eigenvalue weighted by molar-refractivity contribution is 5.70. The molecule has 0 unspecified atom stereocenters. The molecule has 1 fully saturated rings. The first-order chi connectivity index (χ1) is 9.65. The van der Waals surface area contributed by atoms with Crippen LogP contribution in [0.2, 0.25) is 0 Å². The van der Waals surface area contributed by atoms with Gasteiger partial charge in [-0.1, -0.05) is 0 Å². The van der Waals surface area contributed by atoms with Crippen molar-refractivity contribution in [3.05, 3.63) is 18.0 Å². The number of rotatable bonds is 5. The zero-order valence-corrected chi connectivity index (χ0v) is 11.8. The number of ether oxygens (including phenoxy) is 2. The molecule has 6 nitrogen and oxygen atoms in total. The predicted octanol–water partition coefficient (Wildman–Crippen LogP) is 1.40. The van der Waals surface area contributed by atoms with E-state index < -0.39 is 5.97 Å². The first kappa shape index (κ1) is 14.6. The quantitative estimate of drug-likeness (QED) is 0.879.